The van der Waals surface area contributed by atoms with Crippen LogP contribution >= 0.6 is 11.7 Å². The SMILES string of the molecule is CN(C)C(=O)N1CCC(CNS(=O)(=O)c2cccc3nsnc23)CC1. The molecular weight excluding hydrogens is 362 g/mol. The first-order chi connectivity index (χ1) is 11.9. The first kappa shape index (κ1) is 18.0. The summed E-state index contributed by atoms with van der Waals surface area (Å²) in [4.78, 5) is 15.5. The van der Waals surface area contributed by atoms with E-state index in [2.05, 4.69) is 13.5 Å². The molecule has 0 unspecified atom stereocenters. The number of hydrogen-bond donors (Lipinski definition) is 1. The molecule has 136 valence electrons. The van der Waals surface area contributed by atoms with Gasteiger partial charge in [-0.3, -0.25) is 0 Å². The summed E-state index contributed by atoms with van der Waals surface area (Å²) in [7, 11) is -0.169. The molecule has 3 rings (SSSR count). The van der Waals surface area contributed by atoms with Gasteiger partial charge in [0.25, 0.3) is 0 Å². The van der Waals surface area contributed by atoms with E-state index in [1.54, 1.807) is 42.1 Å². The molecule has 1 aromatic heterocycles. The minimum atomic E-state index is -3.63. The highest BCUT2D eigenvalue weighted by Crippen LogP contribution is 2.22. The van der Waals surface area contributed by atoms with Crippen molar-refractivity contribution in [1.82, 2.24) is 23.3 Å². The van der Waals surface area contributed by atoms with Crippen LogP contribution in [0.25, 0.3) is 11.0 Å². The number of benzene rings is 1. The summed E-state index contributed by atoms with van der Waals surface area (Å²) in [5.74, 6) is 0.216. The van der Waals surface area contributed by atoms with Gasteiger partial charge in [-0.2, -0.15) is 8.75 Å². The van der Waals surface area contributed by atoms with Crippen molar-refractivity contribution in [3.8, 4) is 0 Å². The monoisotopic (exact) mass is 383 g/mol. The molecule has 0 aliphatic carbocycles. The highest BCUT2D eigenvalue weighted by Gasteiger charge is 2.26. The van der Waals surface area contributed by atoms with E-state index in [1.807, 2.05) is 0 Å². The zero-order chi connectivity index (χ0) is 18.0. The van der Waals surface area contributed by atoms with Gasteiger partial charge in [0.05, 0.1) is 11.7 Å². The minimum absolute atomic E-state index is 0.00161. The van der Waals surface area contributed by atoms with E-state index in [4.69, 9.17) is 0 Å². The molecular formula is C15H21N5O3S2. The Bertz CT molecular complexity index is 857. The van der Waals surface area contributed by atoms with Crippen LogP contribution < -0.4 is 4.72 Å². The van der Waals surface area contributed by atoms with Gasteiger partial charge in [0.1, 0.15) is 15.9 Å². The second-order valence-corrected chi connectivity index (χ2v) is 8.61. The summed E-state index contributed by atoms with van der Waals surface area (Å²) >= 11 is 1.00. The fourth-order valence-corrected chi connectivity index (χ4v) is 4.80. The Labute approximate surface area is 151 Å². The summed E-state index contributed by atoms with van der Waals surface area (Å²) in [6, 6.07) is 4.96. The number of carbonyl (C=O) groups excluding carboxylic acids is 1. The van der Waals surface area contributed by atoms with Crippen molar-refractivity contribution in [2.45, 2.75) is 17.7 Å². The number of rotatable bonds is 4. The van der Waals surface area contributed by atoms with Crippen LogP contribution in [0.5, 0.6) is 0 Å². The number of urea groups is 1. The lowest BCUT2D eigenvalue weighted by Crippen LogP contribution is -2.45. The zero-order valence-electron chi connectivity index (χ0n) is 14.2. The number of piperidine rings is 1. The lowest BCUT2D eigenvalue weighted by molar-refractivity contribution is 0.148. The predicted octanol–water partition coefficient (Wildman–Crippen LogP) is 1.36. The number of nitrogens with zero attached hydrogens (tertiary/aromatic N) is 4. The average Bonchev–Trinajstić information content (AvgIpc) is 3.08. The van der Waals surface area contributed by atoms with Gasteiger partial charge in [-0.1, -0.05) is 6.07 Å². The Morgan fingerprint density at radius 1 is 1.32 bits per heavy atom. The third-order valence-electron chi connectivity index (χ3n) is 4.37. The molecule has 8 nitrogen and oxygen atoms in total. The van der Waals surface area contributed by atoms with E-state index >= 15 is 0 Å². The largest absolute Gasteiger partial charge is 0.331 e. The van der Waals surface area contributed by atoms with Gasteiger partial charge < -0.3 is 9.80 Å². The summed E-state index contributed by atoms with van der Waals surface area (Å²) in [5, 5.41) is 0. The van der Waals surface area contributed by atoms with E-state index < -0.39 is 10.0 Å². The quantitative estimate of drug-likeness (QED) is 0.860. The average molecular weight is 383 g/mol. The molecule has 0 spiro atoms. The summed E-state index contributed by atoms with van der Waals surface area (Å²) in [5.41, 5.74) is 0.995. The highest BCUT2D eigenvalue weighted by molar-refractivity contribution is 7.89. The van der Waals surface area contributed by atoms with Crippen molar-refractivity contribution in [3.63, 3.8) is 0 Å². The van der Waals surface area contributed by atoms with Crippen LogP contribution in [0.4, 0.5) is 4.79 Å². The maximum Gasteiger partial charge on any atom is 0.319 e. The molecule has 2 aromatic rings. The predicted molar refractivity (Wildman–Crippen MR) is 96.0 cm³/mol. The second-order valence-electron chi connectivity index (χ2n) is 6.35. The molecule has 1 fully saturated rings. The number of nitrogens with one attached hydrogen (secondary N) is 1. The summed E-state index contributed by atoms with van der Waals surface area (Å²) in [6.45, 7) is 1.66. The van der Waals surface area contributed by atoms with E-state index in [1.165, 1.54) is 0 Å². The van der Waals surface area contributed by atoms with Gasteiger partial charge in [-0.05, 0) is 30.9 Å². The fraction of sp³-hybridized carbons (Fsp3) is 0.533. The molecule has 2 amide bonds. The van der Waals surface area contributed by atoms with Crippen LogP contribution in [0.3, 0.4) is 0 Å². The fourth-order valence-electron chi connectivity index (χ4n) is 2.91. The summed E-state index contributed by atoms with van der Waals surface area (Å²) in [6.07, 6.45) is 1.56. The van der Waals surface area contributed by atoms with E-state index in [0.29, 0.717) is 30.7 Å². The van der Waals surface area contributed by atoms with Crippen LogP contribution in [0.1, 0.15) is 12.8 Å². The Morgan fingerprint density at radius 2 is 2.04 bits per heavy atom. The van der Waals surface area contributed by atoms with Crippen molar-refractivity contribution in [2.24, 2.45) is 5.92 Å². The van der Waals surface area contributed by atoms with Gasteiger partial charge in [0.2, 0.25) is 10.0 Å². The Morgan fingerprint density at radius 3 is 2.72 bits per heavy atom. The van der Waals surface area contributed by atoms with Crippen molar-refractivity contribution >= 4 is 38.8 Å². The van der Waals surface area contributed by atoms with Crippen LogP contribution in [0, 0.1) is 5.92 Å². The molecule has 1 aliphatic heterocycles. The molecule has 25 heavy (non-hydrogen) atoms. The number of amides is 2. The third kappa shape index (κ3) is 3.91. The van der Waals surface area contributed by atoms with Gasteiger partial charge in [0, 0.05) is 33.7 Å². The first-order valence-corrected chi connectivity index (χ1v) is 10.3. The van der Waals surface area contributed by atoms with Gasteiger partial charge in [-0.15, -0.1) is 0 Å². The van der Waals surface area contributed by atoms with Gasteiger partial charge in [0.15, 0.2) is 0 Å². The Hall–Kier alpha value is -1.78. The maximum atomic E-state index is 12.6. The van der Waals surface area contributed by atoms with Crippen LogP contribution in [-0.4, -0.2) is 66.7 Å². The van der Waals surface area contributed by atoms with Crippen molar-refractivity contribution in [1.29, 1.82) is 0 Å². The van der Waals surface area contributed by atoms with E-state index in [-0.39, 0.29) is 16.8 Å². The van der Waals surface area contributed by atoms with Gasteiger partial charge >= 0.3 is 6.03 Å². The number of likely N-dealkylation sites (tertiary alicyclic amines) is 1. The minimum Gasteiger partial charge on any atom is -0.331 e. The van der Waals surface area contributed by atoms with Crippen molar-refractivity contribution in [3.05, 3.63) is 18.2 Å². The Kier molecular flexibility index (Phi) is 5.21. The molecule has 1 aliphatic rings. The molecule has 0 saturated carbocycles. The zero-order valence-corrected chi connectivity index (χ0v) is 15.8. The standard InChI is InChI=1S/C15H21N5O3S2/c1-19(2)15(21)20-8-6-11(7-9-20)10-16-25(22,23)13-5-3-4-12-14(13)18-24-17-12/h3-5,11,16H,6-10H2,1-2H3. The lowest BCUT2D eigenvalue weighted by Gasteiger charge is -2.33. The number of aromatic nitrogens is 2. The van der Waals surface area contributed by atoms with Crippen LogP contribution in [0.15, 0.2) is 23.1 Å². The Balaban J connectivity index is 1.61. The topological polar surface area (TPSA) is 95.5 Å². The second kappa shape index (κ2) is 7.22. The van der Waals surface area contributed by atoms with Crippen molar-refractivity contribution in [2.75, 3.05) is 33.7 Å². The number of hydrogen-bond acceptors (Lipinski definition) is 6. The molecule has 0 radical (unpaired) electrons. The van der Waals surface area contributed by atoms with E-state index in [9.17, 15) is 13.2 Å². The van der Waals surface area contributed by atoms with E-state index in [0.717, 1.165) is 24.6 Å². The molecule has 1 N–H and O–H groups in total. The third-order valence-corrected chi connectivity index (χ3v) is 6.37. The normalized spacial score (nSPS) is 16.3. The van der Waals surface area contributed by atoms with Gasteiger partial charge in [-0.25, -0.2) is 17.9 Å². The first-order valence-electron chi connectivity index (χ1n) is 8.05. The molecule has 2 heterocycles. The molecule has 0 bridgehead atoms. The summed E-state index contributed by atoms with van der Waals surface area (Å²) < 4.78 is 36.1. The molecule has 10 heteroatoms. The number of carbonyl (C=O) groups is 1. The van der Waals surface area contributed by atoms with Crippen LogP contribution in [0.2, 0.25) is 0 Å². The molecule has 0 atom stereocenters. The molecule has 1 saturated heterocycles. The highest BCUT2D eigenvalue weighted by atomic mass is 32.2. The van der Waals surface area contributed by atoms with Crippen LogP contribution in [-0.2, 0) is 10.0 Å². The number of fused-ring (bicyclic) bond motifs is 1. The maximum absolute atomic E-state index is 12.6. The molecule has 1 aromatic carbocycles. The lowest BCUT2D eigenvalue weighted by atomic mass is 9.97. The van der Waals surface area contributed by atoms with Crippen molar-refractivity contribution < 1.29 is 13.2 Å². The smallest absolute Gasteiger partial charge is 0.319 e. The number of sulfonamides is 1.